The first-order valence-corrected chi connectivity index (χ1v) is 13.8. The monoisotopic (exact) mass is 607 g/mol. The lowest BCUT2D eigenvalue weighted by Gasteiger charge is -2.29. The van der Waals surface area contributed by atoms with Gasteiger partial charge >= 0.3 is 5.95 Å². The van der Waals surface area contributed by atoms with Gasteiger partial charge in [-0.25, -0.2) is 9.25 Å². The summed E-state index contributed by atoms with van der Waals surface area (Å²) in [5.41, 5.74) is 2.39. The molecule has 0 aliphatic heterocycles. The van der Waals surface area contributed by atoms with Crippen molar-refractivity contribution in [3.05, 3.63) is 63.1 Å². The van der Waals surface area contributed by atoms with Gasteiger partial charge in [-0.1, -0.05) is 24.8 Å². The number of fused-ring (bicyclic) bond motifs is 1. The minimum absolute atomic E-state index is 0.206. The first-order valence-electron chi connectivity index (χ1n) is 13.8. The summed E-state index contributed by atoms with van der Waals surface area (Å²) in [4.78, 5) is 28.8. The number of methoxy groups -OCH3 is 4. The Morgan fingerprint density at radius 2 is 1.64 bits per heavy atom. The minimum atomic E-state index is -0.520. The lowest BCUT2D eigenvalue weighted by atomic mass is 10.0. The molecule has 0 saturated carbocycles. The van der Waals surface area contributed by atoms with Crippen molar-refractivity contribution in [2.24, 2.45) is 7.05 Å². The van der Waals surface area contributed by atoms with Crippen LogP contribution in [-0.4, -0.2) is 77.1 Å². The number of ketones is 1. The molecule has 2 heterocycles. The smallest absolute Gasteiger partial charge is 0.434 e. The number of carbonyl (C=O) groups is 1. The lowest BCUT2D eigenvalue weighted by Crippen LogP contribution is -2.41. The topological polar surface area (TPSA) is 133 Å². The minimum Gasteiger partial charge on any atom is -0.495 e. The van der Waals surface area contributed by atoms with Gasteiger partial charge in [0.05, 0.1) is 60.7 Å². The Labute approximate surface area is 256 Å². The van der Waals surface area contributed by atoms with Crippen LogP contribution in [0.1, 0.15) is 48.1 Å². The molecule has 0 amide bonds. The van der Waals surface area contributed by atoms with Crippen molar-refractivity contribution >= 4 is 22.6 Å². The van der Waals surface area contributed by atoms with Gasteiger partial charge in [0.2, 0.25) is 11.5 Å². The van der Waals surface area contributed by atoms with E-state index in [0.717, 1.165) is 0 Å². The van der Waals surface area contributed by atoms with E-state index in [1.807, 2.05) is 27.9 Å². The number of nitrogens with zero attached hydrogens (tertiary/aromatic N) is 6. The highest BCUT2D eigenvalue weighted by atomic mass is 16.6. The maximum absolute atomic E-state index is 14.0. The molecule has 0 fully saturated rings. The van der Waals surface area contributed by atoms with Crippen molar-refractivity contribution < 1.29 is 33.1 Å². The maximum Gasteiger partial charge on any atom is 0.434 e. The van der Waals surface area contributed by atoms with Crippen LogP contribution in [0, 0.1) is 22.0 Å². The molecule has 44 heavy (non-hydrogen) atoms. The van der Waals surface area contributed by atoms with Crippen molar-refractivity contribution in [3.8, 4) is 34.8 Å². The molecule has 0 unspecified atom stereocenters. The molecule has 0 spiro atoms. The summed E-state index contributed by atoms with van der Waals surface area (Å²) < 4.78 is 25.4. The Morgan fingerprint density at radius 3 is 2.14 bits per heavy atom. The number of carbonyl (C=O) groups excluding carboxylic acids is 1. The van der Waals surface area contributed by atoms with E-state index in [1.165, 1.54) is 32.1 Å². The highest BCUT2D eigenvalue weighted by Gasteiger charge is 2.30. The Kier molecular flexibility index (Phi) is 10.6. The SMILES string of the molecule is CC.CC#Cc1c(OC)ccc2c(C(=O)c3cc(OC)c(OC)c(OC)c3)nn(C[N+](C)(C)Cc3cnc([N+](=O)[O-])n3C)c12. The molecule has 13 heteroatoms. The number of aromatic nitrogens is 4. The van der Waals surface area contributed by atoms with Crippen LogP contribution in [0.5, 0.6) is 23.0 Å². The number of quaternary nitrogens is 1. The predicted octanol–water partition coefficient (Wildman–Crippen LogP) is 4.58. The first kappa shape index (κ1) is 33.4. The van der Waals surface area contributed by atoms with Crippen LogP contribution in [0.15, 0.2) is 30.5 Å². The van der Waals surface area contributed by atoms with Crippen molar-refractivity contribution in [1.82, 2.24) is 19.3 Å². The van der Waals surface area contributed by atoms with Crippen molar-refractivity contribution in [3.63, 3.8) is 0 Å². The van der Waals surface area contributed by atoms with Gasteiger partial charge in [-0.05, 0) is 36.1 Å². The van der Waals surface area contributed by atoms with Gasteiger partial charge in [0.15, 0.2) is 23.9 Å². The highest BCUT2D eigenvalue weighted by molar-refractivity contribution is 6.16. The van der Waals surface area contributed by atoms with E-state index in [0.29, 0.717) is 68.4 Å². The van der Waals surface area contributed by atoms with Crippen LogP contribution in [-0.2, 0) is 20.3 Å². The van der Waals surface area contributed by atoms with Gasteiger partial charge in [0.25, 0.3) is 0 Å². The molecule has 234 valence electrons. The summed E-state index contributed by atoms with van der Waals surface area (Å²) in [7, 11) is 11.5. The van der Waals surface area contributed by atoms with E-state index >= 15 is 0 Å². The highest BCUT2D eigenvalue weighted by Crippen LogP contribution is 2.39. The molecule has 0 radical (unpaired) electrons. The summed E-state index contributed by atoms with van der Waals surface area (Å²) in [5.74, 6) is 7.04. The zero-order valence-corrected chi connectivity index (χ0v) is 26.8. The number of nitro groups is 1. The third-order valence-corrected chi connectivity index (χ3v) is 6.82. The Bertz CT molecular complexity index is 1720. The second-order valence-electron chi connectivity index (χ2n) is 10.1. The molecule has 0 bridgehead atoms. The van der Waals surface area contributed by atoms with E-state index in [-0.39, 0.29) is 17.4 Å². The molecule has 2 aromatic carbocycles. The molecule has 0 atom stereocenters. The number of hydrogen-bond acceptors (Lipinski definition) is 9. The van der Waals surface area contributed by atoms with Gasteiger partial charge < -0.3 is 33.5 Å². The van der Waals surface area contributed by atoms with Crippen LogP contribution >= 0.6 is 0 Å². The molecule has 2 aromatic heterocycles. The summed E-state index contributed by atoms with van der Waals surface area (Å²) in [6.45, 7) is 6.41. The van der Waals surface area contributed by atoms with Gasteiger partial charge in [0.1, 0.15) is 24.2 Å². The average Bonchev–Trinajstić information content (AvgIpc) is 3.56. The standard InChI is InChI=1S/C29H33N6O7.C2H6/c1-9-10-20-22(39-5)12-11-21-25(27(36)18-13-23(40-6)28(42-8)24(14-18)41-7)31-33(26(20)21)17-35(3,4)16-19-15-30-29(32(19)2)34(37)38;1-2/h11-15H,16-17H2,1-8H3;1-2H3/q+1;. The summed E-state index contributed by atoms with van der Waals surface area (Å²) >= 11 is 0. The van der Waals surface area contributed by atoms with Crippen LogP contribution in [0.3, 0.4) is 0 Å². The fraction of sp³-hybridized carbons (Fsp3) is 0.387. The van der Waals surface area contributed by atoms with Crippen molar-refractivity contribution in [2.75, 3.05) is 42.5 Å². The molecule has 0 saturated heterocycles. The molecule has 4 rings (SSSR count). The fourth-order valence-electron chi connectivity index (χ4n) is 4.89. The maximum atomic E-state index is 14.0. The van der Waals surface area contributed by atoms with E-state index < -0.39 is 4.92 Å². The second-order valence-corrected chi connectivity index (χ2v) is 10.1. The van der Waals surface area contributed by atoms with Gasteiger partial charge in [-0.3, -0.25) is 4.79 Å². The molecule has 0 N–H and O–H groups in total. The molecule has 13 nitrogen and oxygen atoms in total. The van der Waals surface area contributed by atoms with E-state index in [2.05, 4.69) is 16.8 Å². The zero-order chi connectivity index (χ0) is 32.8. The van der Waals surface area contributed by atoms with Crippen molar-refractivity contribution in [2.45, 2.75) is 34.0 Å². The molecular weight excluding hydrogens is 568 g/mol. The van der Waals surface area contributed by atoms with Gasteiger partial charge in [-0.2, -0.15) is 5.10 Å². The predicted molar refractivity (Wildman–Crippen MR) is 165 cm³/mol. The molecular formula is C31H39N6O7+. The summed E-state index contributed by atoms with van der Waals surface area (Å²) in [5, 5.41) is 16.7. The quantitative estimate of drug-likeness (QED) is 0.0790. The van der Waals surface area contributed by atoms with Crippen LogP contribution in [0.25, 0.3) is 10.9 Å². The van der Waals surface area contributed by atoms with E-state index in [9.17, 15) is 14.9 Å². The second kappa shape index (κ2) is 13.9. The third kappa shape index (κ3) is 6.45. The number of rotatable bonds is 11. The Balaban J connectivity index is 0.00000259. The summed E-state index contributed by atoms with van der Waals surface area (Å²) in [6.07, 6.45) is 1.50. The Morgan fingerprint density at radius 1 is 1.02 bits per heavy atom. The van der Waals surface area contributed by atoms with Crippen LogP contribution in [0.4, 0.5) is 5.95 Å². The third-order valence-electron chi connectivity index (χ3n) is 6.82. The van der Waals surface area contributed by atoms with Gasteiger partial charge in [-0.15, -0.1) is 5.92 Å². The number of ether oxygens (including phenoxy) is 4. The average molecular weight is 608 g/mol. The van der Waals surface area contributed by atoms with Crippen LogP contribution in [0.2, 0.25) is 0 Å². The van der Waals surface area contributed by atoms with E-state index in [4.69, 9.17) is 24.0 Å². The van der Waals surface area contributed by atoms with E-state index in [1.54, 1.807) is 50.0 Å². The molecule has 0 aliphatic carbocycles. The fourth-order valence-corrected chi connectivity index (χ4v) is 4.89. The lowest BCUT2D eigenvalue weighted by molar-refractivity contribution is -0.926. The normalized spacial score (nSPS) is 10.8. The van der Waals surface area contributed by atoms with Crippen LogP contribution < -0.4 is 18.9 Å². The zero-order valence-electron chi connectivity index (χ0n) is 26.8. The number of hydrogen-bond donors (Lipinski definition) is 0. The van der Waals surface area contributed by atoms with Gasteiger partial charge in [0, 0.05) is 10.9 Å². The molecule has 0 aliphatic rings. The van der Waals surface area contributed by atoms with Crippen molar-refractivity contribution in [1.29, 1.82) is 0 Å². The number of benzene rings is 2. The first-order chi connectivity index (χ1) is 21.0. The molecule has 4 aromatic rings. The summed E-state index contributed by atoms with van der Waals surface area (Å²) in [6, 6.07) is 6.71. The Hall–Kier alpha value is -5.09. The number of imidazole rings is 1. The largest absolute Gasteiger partial charge is 0.495 e.